The predicted octanol–water partition coefficient (Wildman–Crippen LogP) is 3.34. The van der Waals surface area contributed by atoms with Crippen molar-refractivity contribution in [2.24, 2.45) is 10.1 Å². The van der Waals surface area contributed by atoms with Crippen LogP contribution in [0, 0.1) is 0 Å². The number of benzene rings is 2. The Labute approximate surface area is 180 Å². The maximum atomic E-state index is 11.9. The average molecular weight is 451 g/mol. The van der Waals surface area contributed by atoms with Gasteiger partial charge in [0.2, 0.25) is 10.0 Å². The summed E-state index contributed by atoms with van der Waals surface area (Å²) >= 11 is 1.47. The molecule has 4 N–H and O–H groups in total. The summed E-state index contributed by atoms with van der Waals surface area (Å²) in [7, 11) is -3.95. The minimum Gasteiger partial charge on any atom is -0.494 e. The summed E-state index contributed by atoms with van der Waals surface area (Å²) < 4.78 is 24.7. The Hall–Kier alpha value is -3.67. The Morgan fingerprint density at radius 3 is 2.81 bits per heavy atom. The number of aromatic hydroxyl groups is 1. The second-order valence-corrected chi connectivity index (χ2v) is 9.00. The summed E-state index contributed by atoms with van der Waals surface area (Å²) in [6.07, 6.45) is 2.98. The van der Waals surface area contributed by atoms with Crippen LogP contribution in [0.5, 0.6) is 5.88 Å². The number of thiazole rings is 1. The van der Waals surface area contributed by atoms with Gasteiger partial charge in [-0.25, -0.2) is 33.5 Å². The maximum Gasteiger partial charge on any atom is 0.238 e. The van der Waals surface area contributed by atoms with Crippen LogP contribution in [0.3, 0.4) is 0 Å². The van der Waals surface area contributed by atoms with Gasteiger partial charge in [-0.3, -0.25) is 0 Å². The molecule has 0 bridgehead atoms. The molecular formula is C20H14N6O3S2. The van der Waals surface area contributed by atoms with E-state index in [-0.39, 0.29) is 22.2 Å². The van der Waals surface area contributed by atoms with Crippen molar-refractivity contribution in [3.63, 3.8) is 0 Å². The van der Waals surface area contributed by atoms with Crippen molar-refractivity contribution in [2.45, 2.75) is 4.90 Å². The molecule has 0 spiro atoms. The van der Waals surface area contributed by atoms with E-state index in [0.717, 1.165) is 21.1 Å². The lowest BCUT2D eigenvalue weighted by molar-refractivity contribution is 0.457. The average Bonchev–Trinajstić information content (AvgIpc) is 3.35. The molecule has 11 heteroatoms. The standard InChI is InChI=1S/C20H14N6O3S2/c21-31(28,29)15-4-2-1-3-11(15)19-22-8-7-16(26-19)23-9-12-17-13(25-20(12)27)5-6-14-18(17)30-10-24-14/h1-10,25,27H,(H2,21,28,29). The third-order valence-electron chi connectivity index (χ3n) is 4.68. The van der Waals surface area contributed by atoms with Gasteiger partial charge in [-0.05, 0) is 24.3 Å². The number of aromatic nitrogens is 4. The number of nitrogens with zero attached hydrogens (tertiary/aromatic N) is 4. The van der Waals surface area contributed by atoms with Gasteiger partial charge in [0.25, 0.3) is 0 Å². The highest BCUT2D eigenvalue weighted by molar-refractivity contribution is 7.89. The number of H-pyrrole nitrogens is 1. The molecule has 0 fully saturated rings. The van der Waals surface area contributed by atoms with Gasteiger partial charge in [-0.2, -0.15) is 0 Å². The number of sulfonamides is 1. The number of primary sulfonamides is 1. The van der Waals surface area contributed by atoms with E-state index in [0.29, 0.717) is 11.4 Å². The smallest absolute Gasteiger partial charge is 0.238 e. The molecule has 0 unspecified atom stereocenters. The molecule has 3 heterocycles. The van der Waals surface area contributed by atoms with Crippen LogP contribution >= 0.6 is 11.3 Å². The van der Waals surface area contributed by atoms with Gasteiger partial charge in [0, 0.05) is 29.4 Å². The second-order valence-electron chi connectivity index (χ2n) is 6.61. The fourth-order valence-electron chi connectivity index (χ4n) is 3.32. The molecule has 2 aromatic carbocycles. The van der Waals surface area contributed by atoms with Gasteiger partial charge >= 0.3 is 0 Å². The number of hydrogen-bond acceptors (Lipinski definition) is 8. The molecule has 0 saturated heterocycles. The van der Waals surface area contributed by atoms with Crippen molar-refractivity contribution in [1.29, 1.82) is 0 Å². The molecule has 0 atom stereocenters. The van der Waals surface area contributed by atoms with Crippen LogP contribution in [0.1, 0.15) is 5.56 Å². The van der Waals surface area contributed by atoms with Gasteiger partial charge in [0.05, 0.1) is 31.7 Å². The fraction of sp³-hybridized carbons (Fsp3) is 0. The molecule has 5 rings (SSSR count). The largest absolute Gasteiger partial charge is 0.494 e. The number of rotatable bonds is 4. The first-order valence-electron chi connectivity index (χ1n) is 8.98. The summed E-state index contributed by atoms with van der Waals surface area (Å²) in [6, 6.07) is 11.5. The Bertz CT molecular complexity index is 1590. The van der Waals surface area contributed by atoms with E-state index in [1.54, 1.807) is 29.8 Å². The number of nitrogens with two attached hydrogens (primary N) is 1. The number of aliphatic imine (C=N–C) groups is 1. The molecule has 0 aliphatic heterocycles. The summed E-state index contributed by atoms with van der Waals surface area (Å²) in [5, 5.41) is 16.5. The van der Waals surface area contributed by atoms with E-state index in [2.05, 4.69) is 24.9 Å². The lowest BCUT2D eigenvalue weighted by Crippen LogP contribution is -2.13. The minimum absolute atomic E-state index is 0.0199. The molecule has 9 nitrogen and oxygen atoms in total. The molecule has 154 valence electrons. The summed E-state index contributed by atoms with van der Waals surface area (Å²) in [5.74, 6) is 0.445. The summed E-state index contributed by atoms with van der Waals surface area (Å²) in [6.45, 7) is 0. The fourth-order valence-corrected chi connectivity index (χ4v) is 4.91. The van der Waals surface area contributed by atoms with Crippen LogP contribution in [-0.2, 0) is 10.0 Å². The van der Waals surface area contributed by atoms with Crippen LogP contribution in [0.4, 0.5) is 5.82 Å². The number of fused-ring (bicyclic) bond motifs is 3. The number of aromatic amines is 1. The second kappa shape index (κ2) is 7.23. The molecule has 0 radical (unpaired) electrons. The predicted molar refractivity (Wildman–Crippen MR) is 119 cm³/mol. The van der Waals surface area contributed by atoms with Gasteiger partial charge < -0.3 is 10.1 Å². The number of nitrogens with one attached hydrogen (secondary N) is 1. The van der Waals surface area contributed by atoms with E-state index in [1.807, 2.05) is 12.1 Å². The van der Waals surface area contributed by atoms with Crippen molar-refractivity contribution < 1.29 is 13.5 Å². The topological polar surface area (TPSA) is 147 Å². The van der Waals surface area contributed by atoms with E-state index in [9.17, 15) is 13.5 Å². The zero-order valence-corrected chi connectivity index (χ0v) is 17.4. The molecule has 3 aromatic heterocycles. The number of hydrogen-bond donors (Lipinski definition) is 3. The van der Waals surface area contributed by atoms with Crippen LogP contribution in [0.25, 0.3) is 32.5 Å². The lowest BCUT2D eigenvalue weighted by Gasteiger charge is -2.06. The van der Waals surface area contributed by atoms with Crippen molar-refractivity contribution in [2.75, 3.05) is 0 Å². The Morgan fingerprint density at radius 1 is 1.13 bits per heavy atom. The first-order chi connectivity index (χ1) is 14.9. The molecular weight excluding hydrogens is 436 g/mol. The van der Waals surface area contributed by atoms with Gasteiger partial charge in [-0.1, -0.05) is 12.1 Å². The van der Waals surface area contributed by atoms with Gasteiger partial charge in [0.1, 0.15) is 0 Å². The Kier molecular flexibility index (Phi) is 4.50. The zero-order valence-electron chi connectivity index (χ0n) is 15.7. The highest BCUT2D eigenvalue weighted by atomic mass is 32.2. The SMILES string of the molecule is NS(=O)(=O)c1ccccc1-c1nccc(N=Cc2c(O)[nH]c3ccc4ncsc4c23)n1. The zero-order chi connectivity index (χ0) is 21.6. The van der Waals surface area contributed by atoms with Crippen LogP contribution in [0.2, 0.25) is 0 Å². The van der Waals surface area contributed by atoms with Gasteiger partial charge in [-0.15, -0.1) is 11.3 Å². The molecule has 5 aromatic rings. The quantitative estimate of drug-likeness (QED) is 0.358. The van der Waals surface area contributed by atoms with Crippen LogP contribution in [-0.4, -0.2) is 39.7 Å². The third kappa shape index (κ3) is 3.44. The molecule has 31 heavy (non-hydrogen) atoms. The lowest BCUT2D eigenvalue weighted by atomic mass is 10.1. The first kappa shape index (κ1) is 19.3. The van der Waals surface area contributed by atoms with Crippen molar-refractivity contribution in [3.8, 4) is 17.3 Å². The molecule has 0 amide bonds. The van der Waals surface area contributed by atoms with Gasteiger partial charge in [0.15, 0.2) is 17.5 Å². The highest BCUT2D eigenvalue weighted by Gasteiger charge is 2.17. The molecule has 0 saturated carbocycles. The van der Waals surface area contributed by atoms with E-state index < -0.39 is 10.0 Å². The van der Waals surface area contributed by atoms with Crippen molar-refractivity contribution >= 4 is 54.5 Å². The van der Waals surface area contributed by atoms with Crippen molar-refractivity contribution in [3.05, 3.63) is 59.7 Å². The van der Waals surface area contributed by atoms with E-state index >= 15 is 0 Å². The Morgan fingerprint density at radius 2 is 1.97 bits per heavy atom. The maximum absolute atomic E-state index is 11.9. The Balaban J connectivity index is 1.59. The van der Waals surface area contributed by atoms with Crippen LogP contribution < -0.4 is 5.14 Å². The molecule has 0 aliphatic rings. The van der Waals surface area contributed by atoms with Crippen molar-refractivity contribution in [1.82, 2.24) is 19.9 Å². The minimum atomic E-state index is -3.95. The highest BCUT2D eigenvalue weighted by Crippen LogP contribution is 2.34. The monoisotopic (exact) mass is 450 g/mol. The van der Waals surface area contributed by atoms with E-state index in [4.69, 9.17) is 5.14 Å². The normalized spacial score (nSPS) is 12.3. The van der Waals surface area contributed by atoms with Crippen LogP contribution in [0.15, 0.2) is 64.1 Å². The van der Waals surface area contributed by atoms with E-state index in [1.165, 1.54) is 29.8 Å². The molecule has 0 aliphatic carbocycles. The third-order valence-corrected chi connectivity index (χ3v) is 6.51. The first-order valence-corrected chi connectivity index (χ1v) is 11.4. The summed E-state index contributed by atoms with van der Waals surface area (Å²) in [4.78, 5) is 20.1. The summed E-state index contributed by atoms with van der Waals surface area (Å²) in [5.41, 5.74) is 4.13.